The van der Waals surface area contributed by atoms with Crippen molar-refractivity contribution in [3.63, 3.8) is 0 Å². The molecule has 1 unspecified atom stereocenters. The third-order valence-electron chi connectivity index (χ3n) is 5.68. The zero-order valence-electron chi connectivity index (χ0n) is 18.7. The van der Waals surface area contributed by atoms with Crippen LogP contribution in [0.1, 0.15) is 51.8 Å². The van der Waals surface area contributed by atoms with E-state index in [1.807, 2.05) is 0 Å². The molecule has 178 valence electrons. The summed E-state index contributed by atoms with van der Waals surface area (Å²) < 4.78 is 53.4. The van der Waals surface area contributed by atoms with E-state index in [0.29, 0.717) is 36.8 Å². The highest BCUT2D eigenvalue weighted by molar-refractivity contribution is 5.94. The van der Waals surface area contributed by atoms with Gasteiger partial charge in [-0.15, -0.1) is 0 Å². The molecule has 0 aliphatic carbocycles. The number of alkyl halides is 3. The summed E-state index contributed by atoms with van der Waals surface area (Å²) in [7, 11) is 0. The van der Waals surface area contributed by atoms with E-state index >= 15 is 0 Å². The number of pyridine rings is 1. The van der Waals surface area contributed by atoms with Gasteiger partial charge in [-0.3, -0.25) is 4.79 Å². The molecule has 4 rings (SSSR count). The quantitative estimate of drug-likeness (QED) is 0.513. The van der Waals surface area contributed by atoms with Crippen molar-refractivity contribution in [2.24, 2.45) is 0 Å². The van der Waals surface area contributed by atoms with Gasteiger partial charge in [0.1, 0.15) is 23.3 Å². The van der Waals surface area contributed by atoms with Crippen LogP contribution in [-0.2, 0) is 6.18 Å². The molecule has 0 bridgehead atoms. The normalized spacial score (nSPS) is 16.4. The number of benzene rings is 1. The fourth-order valence-electron chi connectivity index (χ4n) is 4.04. The van der Waals surface area contributed by atoms with Crippen molar-refractivity contribution in [3.8, 4) is 0 Å². The fraction of sp³-hybridized carbons (Fsp3) is 0.333. The van der Waals surface area contributed by atoms with Gasteiger partial charge in [-0.05, 0) is 56.5 Å². The van der Waals surface area contributed by atoms with E-state index < -0.39 is 17.6 Å². The largest absolute Gasteiger partial charge is 0.416 e. The second-order valence-electron chi connectivity index (χ2n) is 8.35. The van der Waals surface area contributed by atoms with Crippen LogP contribution in [0.15, 0.2) is 42.6 Å². The zero-order chi connectivity index (χ0) is 24.5. The molecule has 1 saturated heterocycles. The van der Waals surface area contributed by atoms with Crippen molar-refractivity contribution < 1.29 is 22.4 Å². The molecule has 0 spiro atoms. The van der Waals surface area contributed by atoms with Crippen LogP contribution in [0, 0.1) is 19.7 Å². The van der Waals surface area contributed by atoms with E-state index in [2.05, 4.69) is 20.3 Å². The van der Waals surface area contributed by atoms with Crippen LogP contribution in [0.4, 0.5) is 29.2 Å². The van der Waals surface area contributed by atoms with Crippen LogP contribution >= 0.6 is 0 Å². The van der Waals surface area contributed by atoms with Gasteiger partial charge in [-0.1, -0.05) is 6.07 Å². The Labute approximate surface area is 194 Å². The van der Waals surface area contributed by atoms with Crippen molar-refractivity contribution >= 4 is 17.5 Å². The van der Waals surface area contributed by atoms with Crippen LogP contribution < -0.4 is 5.32 Å². The van der Waals surface area contributed by atoms with Gasteiger partial charge in [0.05, 0.1) is 16.8 Å². The molecule has 10 heteroatoms. The first-order valence-corrected chi connectivity index (χ1v) is 10.8. The van der Waals surface area contributed by atoms with Crippen LogP contribution in [0.3, 0.4) is 0 Å². The molecule has 1 aromatic carbocycles. The summed E-state index contributed by atoms with van der Waals surface area (Å²) in [6, 6.07) is 7.99. The molecule has 3 aromatic rings. The number of piperidine rings is 1. The number of amides is 1. The maximum atomic E-state index is 14.3. The predicted molar refractivity (Wildman–Crippen MR) is 118 cm³/mol. The van der Waals surface area contributed by atoms with Crippen LogP contribution in [0.2, 0.25) is 0 Å². The predicted octanol–water partition coefficient (Wildman–Crippen LogP) is 5.41. The number of aromatic nitrogens is 3. The number of aryl methyl sites for hydroxylation is 2. The highest BCUT2D eigenvalue weighted by atomic mass is 19.4. The highest BCUT2D eigenvalue weighted by Gasteiger charge is 2.31. The van der Waals surface area contributed by atoms with E-state index in [9.17, 15) is 22.4 Å². The second kappa shape index (κ2) is 9.36. The van der Waals surface area contributed by atoms with Crippen molar-refractivity contribution in [3.05, 3.63) is 76.6 Å². The monoisotopic (exact) mass is 473 g/mol. The number of hydrogen-bond acceptors (Lipinski definition) is 5. The molecule has 3 heterocycles. The number of rotatable bonds is 4. The highest BCUT2D eigenvalue weighted by Crippen LogP contribution is 2.31. The molecule has 1 aliphatic heterocycles. The van der Waals surface area contributed by atoms with Crippen molar-refractivity contribution in [1.29, 1.82) is 0 Å². The van der Waals surface area contributed by atoms with Gasteiger partial charge in [0.25, 0.3) is 5.91 Å². The minimum atomic E-state index is -4.48. The number of carbonyl (C=O) groups excluding carboxylic acids is 1. The second-order valence-corrected chi connectivity index (χ2v) is 8.35. The standard InChI is InChI=1S/C24H23F4N5O/c1-14-5-6-18(19(25)10-14)23(34)33-9-3-4-16(13-33)20-12-22(31-15(2)30-20)32-21-11-17(7-8-29-21)24(26,27)28/h5-8,10-12,16H,3-4,9,13H2,1-2H3,(H,29,30,31,32). The smallest absolute Gasteiger partial charge is 0.338 e. The number of likely N-dealkylation sites (tertiary alicyclic amines) is 1. The van der Waals surface area contributed by atoms with Gasteiger partial charge in [0.2, 0.25) is 0 Å². The van der Waals surface area contributed by atoms with Crippen LogP contribution in [0.5, 0.6) is 0 Å². The number of anilines is 2. The lowest BCUT2D eigenvalue weighted by molar-refractivity contribution is -0.137. The van der Waals surface area contributed by atoms with E-state index in [0.717, 1.165) is 30.3 Å². The molecule has 6 nitrogen and oxygen atoms in total. The van der Waals surface area contributed by atoms with Gasteiger partial charge in [0, 0.05) is 31.3 Å². The maximum absolute atomic E-state index is 14.3. The average molecular weight is 473 g/mol. The van der Waals surface area contributed by atoms with E-state index in [1.54, 1.807) is 30.9 Å². The third kappa shape index (κ3) is 5.32. The maximum Gasteiger partial charge on any atom is 0.416 e. The van der Waals surface area contributed by atoms with Crippen LogP contribution in [0.25, 0.3) is 0 Å². The van der Waals surface area contributed by atoms with Gasteiger partial charge in [0.15, 0.2) is 0 Å². The minimum Gasteiger partial charge on any atom is -0.338 e. The summed E-state index contributed by atoms with van der Waals surface area (Å²) in [5.41, 5.74) is 0.602. The Hall–Kier alpha value is -3.56. The lowest BCUT2D eigenvalue weighted by Crippen LogP contribution is -2.39. The molecule has 0 radical (unpaired) electrons. The number of carbonyl (C=O) groups is 1. The number of hydrogen-bond donors (Lipinski definition) is 1. The Balaban J connectivity index is 1.54. The Kier molecular flexibility index (Phi) is 6.49. The fourth-order valence-corrected chi connectivity index (χ4v) is 4.04. The summed E-state index contributed by atoms with van der Waals surface area (Å²) >= 11 is 0. The van der Waals surface area contributed by atoms with E-state index in [4.69, 9.17) is 0 Å². The molecular weight excluding hydrogens is 450 g/mol. The zero-order valence-corrected chi connectivity index (χ0v) is 18.7. The van der Waals surface area contributed by atoms with Gasteiger partial charge < -0.3 is 10.2 Å². The Morgan fingerprint density at radius 1 is 1.09 bits per heavy atom. The molecule has 1 aliphatic rings. The average Bonchev–Trinajstić information content (AvgIpc) is 2.78. The number of nitrogens with one attached hydrogen (secondary N) is 1. The Morgan fingerprint density at radius 2 is 1.88 bits per heavy atom. The molecule has 0 saturated carbocycles. The lowest BCUT2D eigenvalue weighted by atomic mass is 9.93. The van der Waals surface area contributed by atoms with Crippen LogP contribution in [-0.4, -0.2) is 38.8 Å². The topological polar surface area (TPSA) is 71.0 Å². The van der Waals surface area contributed by atoms with E-state index in [-0.39, 0.29) is 23.2 Å². The molecule has 1 atom stereocenters. The lowest BCUT2D eigenvalue weighted by Gasteiger charge is -2.33. The minimum absolute atomic E-state index is 0.00849. The van der Waals surface area contributed by atoms with Gasteiger partial charge >= 0.3 is 6.18 Å². The third-order valence-corrected chi connectivity index (χ3v) is 5.68. The molecule has 1 N–H and O–H groups in total. The molecule has 2 aromatic heterocycles. The summed E-state index contributed by atoms with van der Waals surface area (Å²) in [5.74, 6) is -0.302. The summed E-state index contributed by atoms with van der Waals surface area (Å²) in [6.07, 6.45) is -1.93. The number of halogens is 4. The molecule has 1 fully saturated rings. The first-order chi connectivity index (χ1) is 16.1. The Bertz CT molecular complexity index is 1210. The molecule has 34 heavy (non-hydrogen) atoms. The SMILES string of the molecule is Cc1ccc(C(=O)N2CCCC(c3cc(Nc4cc(C(F)(F)F)ccn4)nc(C)n3)C2)c(F)c1. The Morgan fingerprint density at radius 3 is 2.62 bits per heavy atom. The molecule has 1 amide bonds. The van der Waals surface area contributed by atoms with Gasteiger partial charge in [-0.2, -0.15) is 13.2 Å². The van der Waals surface area contributed by atoms with Crippen molar-refractivity contribution in [2.75, 3.05) is 18.4 Å². The first kappa shape index (κ1) is 23.6. The summed E-state index contributed by atoms with van der Waals surface area (Å²) in [5, 5.41) is 2.82. The number of nitrogens with zero attached hydrogens (tertiary/aromatic N) is 4. The van der Waals surface area contributed by atoms with Crippen molar-refractivity contribution in [1.82, 2.24) is 19.9 Å². The molecular formula is C24H23F4N5O. The van der Waals surface area contributed by atoms with Crippen molar-refractivity contribution in [2.45, 2.75) is 38.8 Å². The van der Waals surface area contributed by atoms with Gasteiger partial charge in [-0.25, -0.2) is 19.3 Å². The summed E-state index contributed by atoms with van der Waals surface area (Å²) in [4.78, 5) is 27.2. The first-order valence-electron chi connectivity index (χ1n) is 10.8. The summed E-state index contributed by atoms with van der Waals surface area (Å²) in [6.45, 7) is 4.30. The van der Waals surface area contributed by atoms with E-state index in [1.165, 1.54) is 12.1 Å².